The number of aliphatic hydroxyl groups excluding tert-OH is 4. The SMILES string of the molecule is CCCCC/C=C\C/C=C\CCCCCCC(O)C[N+](=CCCCSSCCN1C=CN(CCOC(=O)CCCN(CC(O)CCCCCCCCCC)CC(O)CCCCCCCCCC)CC1)CC(O)CCCCCC/C=C\C/C=C\CCCCC. The van der Waals surface area contributed by atoms with Crippen LogP contribution in [0.15, 0.2) is 61.0 Å². The molecule has 1 rings (SSSR count). The standard InChI is InChI=1S/C76H143N4O6S2/c1-5-9-13-17-21-25-27-29-31-33-35-39-43-47-52-72(81)68-79(69-73(82)53-48-44-40-36-34-32-30-28-26-22-18-14-10-6-2)57-49-50-66-87-88-67-64-78-61-59-77(60-62-78)63-65-86-76(85)56-51-58-80(70-74(83)54-45-41-37-23-19-15-11-7-3)71-75(84)55-46-42-38-24-20-16-12-8-4/h21-22,25-26,29-32,57,59,61,72-75,81-84H,5-20,23-24,27-28,33-56,58,60,62-71H2,1-4H3/q+1/b25-21-,26-22-,31-29-,32-30-,79-57?. The van der Waals surface area contributed by atoms with Crippen molar-refractivity contribution in [2.45, 2.75) is 335 Å². The summed E-state index contributed by atoms with van der Waals surface area (Å²) in [6.45, 7) is 15.9. The first-order chi connectivity index (χ1) is 43.2. The smallest absolute Gasteiger partial charge is 0.305 e. The first kappa shape index (κ1) is 84.0. The first-order valence-electron chi connectivity index (χ1n) is 37.4. The lowest BCUT2D eigenvalue weighted by Gasteiger charge is -2.31. The van der Waals surface area contributed by atoms with E-state index in [0.29, 0.717) is 58.7 Å². The predicted molar refractivity (Wildman–Crippen MR) is 387 cm³/mol. The molecule has 10 nitrogen and oxygen atoms in total. The highest BCUT2D eigenvalue weighted by Crippen LogP contribution is 2.23. The quantitative estimate of drug-likeness (QED) is 0.0116. The molecule has 4 N–H and O–H groups in total. The summed E-state index contributed by atoms with van der Waals surface area (Å²) < 4.78 is 7.93. The second-order valence-corrected chi connectivity index (χ2v) is 28.6. The molecule has 0 aliphatic carbocycles. The minimum absolute atomic E-state index is 0.172. The number of nitrogens with zero attached hydrogens (tertiary/aromatic N) is 4. The largest absolute Gasteiger partial charge is 0.464 e. The van der Waals surface area contributed by atoms with Gasteiger partial charge in [0, 0.05) is 69.5 Å². The van der Waals surface area contributed by atoms with E-state index in [2.05, 4.69) is 114 Å². The molecular formula is C76H143N4O6S2+. The van der Waals surface area contributed by atoms with E-state index >= 15 is 0 Å². The average Bonchev–Trinajstić information content (AvgIpc) is 3.58. The van der Waals surface area contributed by atoms with E-state index in [9.17, 15) is 25.2 Å². The van der Waals surface area contributed by atoms with E-state index < -0.39 is 12.2 Å². The fraction of sp³-hybridized carbons (Fsp3) is 0.842. The van der Waals surface area contributed by atoms with Crippen molar-refractivity contribution in [1.82, 2.24) is 14.7 Å². The lowest BCUT2D eigenvalue weighted by molar-refractivity contribution is -0.542. The summed E-state index contributed by atoms with van der Waals surface area (Å²) in [5.41, 5.74) is 0. The summed E-state index contributed by atoms with van der Waals surface area (Å²) in [5.74, 6) is 1.95. The third-order valence-electron chi connectivity index (χ3n) is 17.1. The highest BCUT2D eigenvalue weighted by Gasteiger charge is 2.19. The highest BCUT2D eigenvalue weighted by atomic mass is 33.1. The van der Waals surface area contributed by atoms with E-state index in [-0.39, 0.29) is 18.2 Å². The Labute approximate surface area is 552 Å². The van der Waals surface area contributed by atoms with E-state index in [1.807, 2.05) is 21.6 Å². The molecule has 88 heavy (non-hydrogen) atoms. The van der Waals surface area contributed by atoms with Gasteiger partial charge in [0.15, 0.2) is 13.1 Å². The summed E-state index contributed by atoms with van der Waals surface area (Å²) in [6.07, 6.45) is 73.5. The lowest BCUT2D eigenvalue weighted by Crippen LogP contribution is -2.39. The first-order valence-corrected chi connectivity index (χ1v) is 39.9. The highest BCUT2D eigenvalue weighted by molar-refractivity contribution is 8.76. The van der Waals surface area contributed by atoms with Gasteiger partial charge in [-0.15, -0.1) is 0 Å². The lowest BCUT2D eigenvalue weighted by atomic mass is 10.0. The van der Waals surface area contributed by atoms with Gasteiger partial charge in [-0.05, 0) is 109 Å². The number of aliphatic hydroxyl groups is 4. The van der Waals surface area contributed by atoms with Crippen molar-refractivity contribution in [2.24, 2.45) is 0 Å². The second-order valence-electron chi connectivity index (χ2n) is 25.9. The van der Waals surface area contributed by atoms with E-state index in [4.69, 9.17) is 4.74 Å². The molecule has 4 atom stereocenters. The fourth-order valence-corrected chi connectivity index (χ4v) is 13.6. The molecule has 0 spiro atoms. The monoisotopic (exact) mass is 1270 g/mol. The molecular weight excluding hydrogens is 1130 g/mol. The topological polar surface area (TPSA) is 120 Å². The van der Waals surface area contributed by atoms with Crippen molar-refractivity contribution in [3.8, 4) is 0 Å². The summed E-state index contributed by atoms with van der Waals surface area (Å²) in [5, 5.41) is 44.3. The minimum atomic E-state index is -0.414. The Morgan fingerprint density at radius 3 is 1.27 bits per heavy atom. The van der Waals surface area contributed by atoms with E-state index in [1.165, 1.54) is 167 Å². The van der Waals surface area contributed by atoms with Crippen LogP contribution in [0.3, 0.4) is 0 Å². The van der Waals surface area contributed by atoms with Crippen LogP contribution in [0.2, 0.25) is 0 Å². The third-order valence-corrected chi connectivity index (χ3v) is 19.6. The molecule has 1 aliphatic rings. The minimum Gasteiger partial charge on any atom is -0.464 e. The number of rotatable bonds is 67. The molecule has 0 aromatic carbocycles. The Hall–Kier alpha value is -2.06. The van der Waals surface area contributed by atoms with Crippen LogP contribution in [0.25, 0.3) is 0 Å². The molecule has 1 aliphatic heterocycles. The third kappa shape index (κ3) is 59.0. The van der Waals surface area contributed by atoms with Crippen LogP contribution in [-0.4, -0.2) is 153 Å². The molecule has 0 saturated carbocycles. The molecule has 4 unspecified atom stereocenters. The van der Waals surface area contributed by atoms with Crippen molar-refractivity contribution in [1.29, 1.82) is 0 Å². The Bertz CT molecular complexity index is 1600. The van der Waals surface area contributed by atoms with Gasteiger partial charge in [-0.2, -0.15) is 0 Å². The normalized spacial score (nSPS) is 14.5. The van der Waals surface area contributed by atoms with Crippen LogP contribution in [0.4, 0.5) is 0 Å². The maximum Gasteiger partial charge on any atom is 0.305 e. The number of carbonyl (C=O) groups is 1. The van der Waals surface area contributed by atoms with Gasteiger partial charge in [-0.1, -0.05) is 265 Å². The number of unbranched alkanes of at least 4 members (excludes halogenated alkanes) is 29. The summed E-state index contributed by atoms with van der Waals surface area (Å²) in [7, 11) is 3.88. The summed E-state index contributed by atoms with van der Waals surface area (Å²) >= 11 is 0. The van der Waals surface area contributed by atoms with Gasteiger partial charge in [0.2, 0.25) is 0 Å². The van der Waals surface area contributed by atoms with Gasteiger partial charge in [0.25, 0.3) is 0 Å². The zero-order valence-electron chi connectivity index (χ0n) is 58.0. The second kappa shape index (κ2) is 66.4. The van der Waals surface area contributed by atoms with Gasteiger partial charge in [0.1, 0.15) is 25.0 Å². The summed E-state index contributed by atoms with van der Waals surface area (Å²) in [4.78, 5) is 19.7. The van der Waals surface area contributed by atoms with Crippen molar-refractivity contribution < 1.29 is 34.5 Å². The molecule has 0 fully saturated rings. The van der Waals surface area contributed by atoms with Gasteiger partial charge in [-0.25, -0.2) is 4.58 Å². The van der Waals surface area contributed by atoms with Crippen LogP contribution >= 0.6 is 21.6 Å². The van der Waals surface area contributed by atoms with Crippen LogP contribution in [0.1, 0.15) is 310 Å². The Morgan fingerprint density at radius 2 is 0.830 bits per heavy atom. The van der Waals surface area contributed by atoms with Crippen molar-refractivity contribution in [3.63, 3.8) is 0 Å². The maximum atomic E-state index is 12.9. The number of hydrogen-bond acceptors (Lipinski definition) is 11. The molecule has 0 amide bonds. The van der Waals surface area contributed by atoms with Gasteiger partial charge in [-0.3, -0.25) is 9.69 Å². The number of carbonyl (C=O) groups excluding carboxylic acids is 1. The number of esters is 1. The number of ether oxygens (including phenoxy) is 1. The zero-order chi connectivity index (χ0) is 63.7. The van der Waals surface area contributed by atoms with Crippen LogP contribution < -0.4 is 0 Å². The van der Waals surface area contributed by atoms with Gasteiger partial charge >= 0.3 is 5.97 Å². The Kier molecular flexibility index (Phi) is 63.3. The predicted octanol–water partition coefficient (Wildman–Crippen LogP) is 19.3. The number of hydrogen-bond donors (Lipinski definition) is 4. The van der Waals surface area contributed by atoms with Crippen LogP contribution in [0, 0.1) is 0 Å². The van der Waals surface area contributed by atoms with Crippen LogP contribution in [0.5, 0.6) is 0 Å². The molecule has 514 valence electrons. The van der Waals surface area contributed by atoms with Crippen molar-refractivity contribution >= 4 is 33.8 Å². The molecule has 0 aromatic rings. The molecule has 0 saturated heterocycles. The molecule has 12 heteroatoms. The van der Waals surface area contributed by atoms with Gasteiger partial charge < -0.3 is 35.0 Å². The fourth-order valence-electron chi connectivity index (χ4n) is 11.5. The Morgan fingerprint density at radius 1 is 0.455 bits per heavy atom. The average molecular weight is 1270 g/mol. The van der Waals surface area contributed by atoms with Crippen LogP contribution in [-0.2, 0) is 9.53 Å². The van der Waals surface area contributed by atoms with E-state index in [0.717, 1.165) is 134 Å². The van der Waals surface area contributed by atoms with Gasteiger partial charge in [0.05, 0.1) is 18.8 Å². The molecule has 0 bridgehead atoms. The number of allylic oxidation sites excluding steroid dienone is 8. The van der Waals surface area contributed by atoms with Crippen molar-refractivity contribution in [2.75, 3.05) is 77.0 Å². The van der Waals surface area contributed by atoms with E-state index in [1.54, 1.807) is 0 Å². The zero-order valence-corrected chi connectivity index (χ0v) is 59.6. The molecule has 1 heterocycles. The molecule has 0 radical (unpaired) electrons. The molecule has 0 aromatic heterocycles. The Balaban J connectivity index is 2.47. The van der Waals surface area contributed by atoms with Crippen molar-refractivity contribution in [3.05, 3.63) is 61.0 Å². The summed E-state index contributed by atoms with van der Waals surface area (Å²) in [6, 6.07) is 0. The maximum absolute atomic E-state index is 12.9.